The highest BCUT2D eigenvalue weighted by atomic mass is 16.5. The number of carboxylic acids is 1. The van der Waals surface area contributed by atoms with Crippen molar-refractivity contribution in [1.29, 1.82) is 0 Å². The zero-order chi connectivity index (χ0) is 18.8. The van der Waals surface area contributed by atoms with Gasteiger partial charge < -0.3 is 9.84 Å². The third kappa shape index (κ3) is 3.16. The molecule has 1 N–H and O–H groups in total. The predicted molar refractivity (Wildman–Crippen MR) is 99.7 cm³/mol. The molecule has 0 spiro atoms. The summed E-state index contributed by atoms with van der Waals surface area (Å²) >= 11 is 0. The molecule has 0 aliphatic rings. The van der Waals surface area contributed by atoms with E-state index in [2.05, 4.69) is 0 Å². The first-order valence-electron chi connectivity index (χ1n) is 8.35. The summed E-state index contributed by atoms with van der Waals surface area (Å²) in [4.78, 5) is 36.3. The van der Waals surface area contributed by atoms with E-state index >= 15 is 0 Å². The fourth-order valence-electron chi connectivity index (χ4n) is 2.86. The summed E-state index contributed by atoms with van der Waals surface area (Å²) in [6.07, 6.45) is 0.147. The minimum Gasteiger partial charge on any atom is -0.481 e. The fraction of sp³-hybridized carbons (Fsp3) is 0.190. The van der Waals surface area contributed by atoms with Crippen LogP contribution >= 0.6 is 0 Å². The smallest absolute Gasteiger partial charge is 0.310 e. The molecule has 132 valence electrons. The molecule has 5 heteroatoms. The second-order valence-corrected chi connectivity index (χ2v) is 6.12. The van der Waals surface area contributed by atoms with Crippen LogP contribution in [0.15, 0.2) is 53.3 Å². The van der Waals surface area contributed by atoms with E-state index < -0.39 is 17.9 Å². The zero-order valence-corrected chi connectivity index (χ0v) is 14.5. The van der Waals surface area contributed by atoms with Crippen molar-refractivity contribution in [1.82, 2.24) is 0 Å². The minimum absolute atomic E-state index is 0.101. The van der Waals surface area contributed by atoms with Gasteiger partial charge in [0.25, 0.3) is 0 Å². The van der Waals surface area contributed by atoms with E-state index in [1.165, 1.54) is 6.07 Å². The Balaban J connectivity index is 2.42. The van der Waals surface area contributed by atoms with Crippen LogP contribution in [0.2, 0.25) is 0 Å². The second kappa shape index (κ2) is 6.96. The Bertz CT molecular complexity index is 1080. The maximum absolute atomic E-state index is 13.1. The maximum Gasteiger partial charge on any atom is 0.310 e. The molecule has 3 aromatic rings. The van der Waals surface area contributed by atoms with Gasteiger partial charge in [0.1, 0.15) is 5.75 Å². The highest BCUT2D eigenvalue weighted by molar-refractivity contribution is 5.98. The molecule has 1 unspecified atom stereocenters. The van der Waals surface area contributed by atoms with Crippen LogP contribution in [0.3, 0.4) is 0 Å². The lowest BCUT2D eigenvalue weighted by atomic mass is 9.98. The number of carboxylic acid groups (broad SMARTS) is 1. The Morgan fingerprint density at radius 3 is 2.46 bits per heavy atom. The van der Waals surface area contributed by atoms with E-state index in [4.69, 9.17) is 4.74 Å². The number of benzene rings is 2. The number of carbonyl (C=O) groups excluding carboxylic acids is 1. The monoisotopic (exact) mass is 350 g/mol. The van der Waals surface area contributed by atoms with Crippen LogP contribution in [-0.4, -0.2) is 17.0 Å². The predicted octanol–water partition coefficient (Wildman–Crippen LogP) is 3.86. The Labute approximate surface area is 149 Å². The standard InChI is InChI=1S/C21H18O5/c1-3-18(22)26-17-11-15(12(2)21(24)25)10-14-9-8-13-6-4-5-7-16(13)20(23)19(14)17/h4-12H,3H2,1-2H3,(H,24,25). The molecule has 0 aliphatic carbocycles. The van der Waals surface area contributed by atoms with Gasteiger partial charge in [-0.2, -0.15) is 0 Å². The highest BCUT2D eigenvalue weighted by Crippen LogP contribution is 2.30. The van der Waals surface area contributed by atoms with Crippen LogP contribution in [-0.2, 0) is 9.59 Å². The first-order chi connectivity index (χ1) is 12.4. The van der Waals surface area contributed by atoms with Gasteiger partial charge in [-0.05, 0) is 35.4 Å². The molecule has 0 heterocycles. The van der Waals surface area contributed by atoms with Crippen molar-refractivity contribution in [3.8, 4) is 5.75 Å². The van der Waals surface area contributed by atoms with Gasteiger partial charge >= 0.3 is 11.9 Å². The molecule has 0 aliphatic heterocycles. The van der Waals surface area contributed by atoms with Crippen molar-refractivity contribution in [3.63, 3.8) is 0 Å². The number of fused-ring (bicyclic) bond motifs is 2. The molecule has 0 saturated heterocycles. The van der Waals surface area contributed by atoms with E-state index in [9.17, 15) is 19.5 Å². The van der Waals surface area contributed by atoms with E-state index in [0.29, 0.717) is 16.3 Å². The average molecular weight is 350 g/mol. The lowest BCUT2D eigenvalue weighted by Gasteiger charge is -2.11. The lowest BCUT2D eigenvalue weighted by Crippen LogP contribution is -2.12. The summed E-state index contributed by atoms with van der Waals surface area (Å²) in [6.45, 7) is 3.20. The molecule has 0 amide bonds. The van der Waals surface area contributed by atoms with E-state index in [1.807, 2.05) is 12.1 Å². The van der Waals surface area contributed by atoms with Crippen molar-refractivity contribution in [2.24, 2.45) is 0 Å². The van der Waals surface area contributed by atoms with Crippen LogP contribution in [0, 0.1) is 0 Å². The van der Waals surface area contributed by atoms with Gasteiger partial charge in [0.15, 0.2) is 5.43 Å². The molecule has 3 rings (SSSR count). The van der Waals surface area contributed by atoms with Gasteiger partial charge in [0.05, 0.1) is 11.3 Å². The zero-order valence-electron chi connectivity index (χ0n) is 14.5. The van der Waals surface area contributed by atoms with Crippen molar-refractivity contribution in [2.75, 3.05) is 0 Å². The van der Waals surface area contributed by atoms with E-state index in [1.54, 1.807) is 44.2 Å². The van der Waals surface area contributed by atoms with Gasteiger partial charge in [0, 0.05) is 11.8 Å². The molecule has 3 aromatic carbocycles. The molecule has 0 saturated carbocycles. The van der Waals surface area contributed by atoms with E-state index in [0.717, 1.165) is 5.39 Å². The molecule has 0 radical (unpaired) electrons. The molecule has 5 nitrogen and oxygen atoms in total. The van der Waals surface area contributed by atoms with Crippen LogP contribution < -0.4 is 10.2 Å². The number of esters is 1. The van der Waals surface area contributed by atoms with Crippen LogP contribution in [0.4, 0.5) is 0 Å². The van der Waals surface area contributed by atoms with Crippen molar-refractivity contribution >= 4 is 33.5 Å². The van der Waals surface area contributed by atoms with Gasteiger partial charge in [0.2, 0.25) is 0 Å². The number of hydrogen-bond donors (Lipinski definition) is 1. The molecule has 26 heavy (non-hydrogen) atoms. The fourth-order valence-corrected chi connectivity index (χ4v) is 2.86. The van der Waals surface area contributed by atoms with E-state index in [-0.39, 0.29) is 23.0 Å². The van der Waals surface area contributed by atoms with Crippen molar-refractivity contribution in [2.45, 2.75) is 26.2 Å². The van der Waals surface area contributed by atoms with Gasteiger partial charge in [-0.3, -0.25) is 14.4 Å². The first kappa shape index (κ1) is 17.6. The third-order valence-corrected chi connectivity index (χ3v) is 4.41. The van der Waals surface area contributed by atoms with Crippen molar-refractivity contribution < 1.29 is 19.4 Å². The Kier molecular flexibility index (Phi) is 4.71. The summed E-state index contributed by atoms with van der Waals surface area (Å²) in [5, 5.41) is 11.4. The summed E-state index contributed by atoms with van der Waals surface area (Å²) in [5.74, 6) is -2.18. The SMILES string of the molecule is CCC(=O)Oc1cc(C(C)C(=O)O)cc2ccc3ccccc3c(=O)c12. The topological polar surface area (TPSA) is 80.7 Å². The third-order valence-electron chi connectivity index (χ3n) is 4.41. The van der Waals surface area contributed by atoms with Crippen LogP contribution in [0.25, 0.3) is 21.5 Å². The average Bonchev–Trinajstić information content (AvgIpc) is 2.78. The molecule has 0 fully saturated rings. The number of carbonyl (C=O) groups is 2. The second-order valence-electron chi connectivity index (χ2n) is 6.12. The van der Waals surface area contributed by atoms with Crippen molar-refractivity contribution in [3.05, 3.63) is 64.3 Å². The van der Waals surface area contributed by atoms with Gasteiger partial charge in [-0.25, -0.2) is 0 Å². The molecule has 0 bridgehead atoms. The maximum atomic E-state index is 13.1. The normalized spacial score (nSPS) is 12.1. The summed E-state index contributed by atoms with van der Waals surface area (Å²) in [7, 11) is 0. The largest absolute Gasteiger partial charge is 0.481 e. The van der Waals surface area contributed by atoms with Crippen LogP contribution in [0.5, 0.6) is 5.75 Å². The number of ether oxygens (including phenoxy) is 1. The quantitative estimate of drug-likeness (QED) is 0.571. The molecule has 1 atom stereocenters. The first-order valence-corrected chi connectivity index (χ1v) is 8.35. The van der Waals surface area contributed by atoms with Crippen LogP contribution in [0.1, 0.15) is 31.7 Å². The summed E-state index contributed by atoms with van der Waals surface area (Å²) in [5.41, 5.74) is 0.215. The lowest BCUT2D eigenvalue weighted by molar-refractivity contribution is -0.138. The summed E-state index contributed by atoms with van der Waals surface area (Å²) in [6, 6.07) is 13.9. The Morgan fingerprint density at radius 1 is 1.08 bits per heavy atom. The molecule has 0 aromatic heterocycles. The van der Waals surface area contributed by atoms with Gasteiger partial charge in [-0.1, -0.05) is 43.3 Å². The Hall–Kier alpha value is -3.21. The number of rotatable bonds is 4. The van der Waals surface area contributed by atoms with Gasteiger partial charge in [-0.15, -0.1) is 0 Å². The highest BCUT2D eigenvalue weighted by Gasteiger charge is 2.19. The summed E-state index contributed by atoms with van der Waals surface area (Å²) < 4.78 is 5.39. The minimum atomic E-state index is -0.995. The number of aliphatic carboxylic acids is 1. The molecular formula is C21H18O5. The molecular weight excluding hydrogens is 332 g/mol. The number of hydrogen-bond acceptors (Lipinski definition) is 4. The Morgan fingerprint density at radius 2 is 1.77 bits per heavy atom.